The fraction of sp³-hybridized carbons (Fsp3) is 0.294. The molecule has 4 rings (SSSR count). The van der Waals surface area contributed by atoms with Crippen molar-refractivity contribution in [3.63, 3.8) is 0 Å². The minimum atomic E-state index is -0.734. The summed E-state index contributed by atoms with van der Waals surface area (Å²) in [6.45, 7) is 1.00. The van der Waals surface area contributed by atoms with Gasteiger partial charge in [0.1, 0.15) is 11.2 Å². The molecule has 0 aliphatic carbocycles. The Bertz CT molecular complexity index is 839. The fourth-order valence-corrected chi connectivity index (χ4v) is 2.91. The van der Waals surface area contributed by atoms with Gasteiger partial charge in [-0.05, 0) is 0 Å². The highest BCUT2D eigenvalue weighted by Crippen LogP contribution is 2.30. The topological polar surface area (TPSA) is 103 Å². The highest BCUT2D eigenvalue weighted by Gasteiger charge is 2.40. The van der Waals surface area contributed by atoms with Crippen LogP contribution in [0.2, 0.25) is 0 Å². The van der Waals surface area contributed by atoms with E-state index in [0.717, 1.165) is 5.56 Å². The maximum atomic E-state index is 12.7. The average Bonchev–Trinajstić information content (AvgIpc) is 3.36. The van der Waals surface area contributed by atoms with E-state index in [4.69, 9.17) is 13.8 Å². The standard InChI is InChI=1S/C17H16N4O4/c22-15(14-10-13(20-25-14)12-4-2-1-3-5-12)19-17(6-8-23-9-7-17)16-18-11-24-21-16/h1-5,10-11H,6-9H2,(H,19,22). The van der Waals surface area contributed by atoms with Crippen molar-refractivity contribution in [1.29, 1.82) is 0 Å². The van der Waals surface area contributed by atoms with E-state index in [9.17, 15) is 4.79 Å². The van der Waals surface area contributed by atoms with Gasteiger partial charge in [0.05, 0.1) is 0 Å². The molecule has 1 N–H and O–H groups in total. The van der Waals surface area contributed by atoms with Crippen molar-refractivity contribution in [3.05, 3.63) is 54.4 Å². The molecular formula is C17H16N4O4. The summed E-state index contributed by atoms with van der Waals surface area (Å²) in [5.74, 6) is 0.196. The zero-order valence-corrected chi connectivity index (χ0v) is 13.3. The predicted octanol–water partition coefficient (Wildman–Crippen LogP) is 2.16. The molecule has 1 saturated heterocycles. The molecular weight excluding hydrogens is 324 g/mol. The quantitative estimate of drug-likeness (QED) is 0.776. The molecule has 3 heterocycles. The Morgan fingerprint density at radius 3 is 2.64 bits per heavy atom. The summed E-state index contributed by atoms with van der Waals surface area (Å²) in [6, 6.07) is 11.1. The van der Waals surface area contributed by atoms with Crippen LogP contribution in [0.4, 0.5) is 0 Å². The first kappa shape index (κ1) is 15.5. The van der Waals surface area contributed by atoms with E-state index in [1.54, 1.807) is 6.07 Å². The minimum absolute atomic E-state index is 0.133. The van der Waals surface area contributed by atoms with Crippen LogP contribution in [0.3, 0.4) is 0 Å². The van der Waals surface area contributed by atoms with E-state index in [1.165, 1.54) is 6.39 Å². The smallest absolute Gasteiger partial charge is 0.290 e. The number of hydrogen-bond donors (Lipinski definition) is 1. The van der Waals surface area contributed by atoms with Crippen molar-refractivity contribution in [2.24, 2.45) is 0 Å². The number of carbonyl (C=O) groups excluding carboxylic acids is 1. The largest absolute Gasteiger partial charge is 0.381 e. The highest BCUT2D eigenvalue weighted by molar-refractivity contribution is 5.93. The number of amides is 1. The molecule has 25 heavy (non-hydrogen) atoms. The van der Waals surface area contributed by atoms with E-state index >= 15 is 0 Å². The molecule has 2 aromatic heterocycles. The third-order valence-corrected chi connectivity index (χ3v) is 4.29. The van der Waals surface area contributed by atoms with Gasteiger partial charge in [0.25, 0.3) is 5.91 Å². The molecule has 8 nitrogen and oxygen atoms in total. The van der Waals surface area contributed by atoms with Crippen LogP contribution in [-0.2, 0) is 10.3 Å². The van der Waals surface area contributed by atoms with Crippen LogP contribution >= 0.6 is 0 Å². The molecule has 0 bridgehead atoms. The highest BCUT2D eigenvalue weighted by atomic mass is 16.5. The van der Waals surface area contributed by atoms with Crippen LogP contribution in [0.25, 0.3) is 11.3 Å². The molecule has 0 radical (unpaired) electrons. The van der Waals surface area contributed by atoms with Crippen LogP contribution in [0.5, 0.6) is 0 Å². The summed E-state index contributed by atoms with van der Waals surface area (Å²) in [5, 5.41) is 10.9. The molecule has 8 heteroatoms. The Labute approximate surface area is 143 Å². The predicted molar refractivity (Wildman–Crippen MR) is 85.4 cm³/mol. The van der Waals surface area contributed by atoms with Gasteiger partial charge in [0.15, 0.2) is 5.82 Å². The molecule has 3 aromatic rings. The Morgan fingerprint density at radius 2 is 1.92 bits per heavy atom. The van der Waals surface area contributed by atoms with Gasteiger partial charge in [0.2, 0.25) is 12.2 Å². The van der Waals surface area contributed by atoms with Crippen LogP contribution < -0.4 is 5.32 Å². The van der Waals surface area contributed by atoms with Crippen molar-refractivity contribution in [1.82, 2.24) is 20.6 Å². The van der Waals surface area contributed by atoms with E-state index in [-0.39, 0.29) is 11.7 Å². The molecule has 1 amide bonds. The number of nitrogens with zero attached hydrogens (tertiary/aromatic N) is 3. The van der Waals surface area contributed by atoms with Crippen molar-refractivity contribution < 1.29 is 18.6 Å². The monoisotopic (exact) mass is 340 g/mol. The number of benzene rings is 1. The summed E-state index contributed by atoms with van der Waals surface area (Å²) in [7, 11) is 0. The van der Waals surface area contributed by atoms with E-state index in [2.05, 4.69) is 20.6 Å². The van der Waals surface area contributed by atoms with Gasteiger partial charge in [-0.1, -0.05) is 40.6 Å². The second-order valence-electron chi connectivity index (χ2n) is 5.85. The Hall–Kier alpha value is -3.00. The minimum Gasteiger partial charge on any atom is -0.381 e. The van der Waals surface area contributed by atoms with Crippen molar-refractivity contribution >= 4 is 5.91 Å². The van der Waals surface area contributed by atoms with Gasteiger partial charge in [-0.25, -0.2) is 0 Å². The van der Waals surface area contributed by atoms with Crippen LogP contribution in [0.15, 0.2) is 51.8 Å². The SMILES string of the molecule is O=C(NC1(c2ncon2)CCOCC1)c1cc(-c2ccccc2)no1. The zero-order chi connectivity index (χ0) is 17.1. The van der Waals surface area contributed by atoms with Crippen LogP contribution in [0, 0.1) is 0 Å². The van der Waals surface area contributed by atoms with Crippen molar-refractivity contribution in [2.45, 2.75) is 18.4 Å². The fourth-order valence-electron chi connectivity index (χ4n) is 2.91. The third-order valence-electron chi connectivity index (χ3n) is 4.29. The zero-order valence-electron chi connectivity index (χ0n) is 13.3. The molecule has 1 aromatic carbocycles. The summed E-state index contributed by atoms with van der Waals surface area (Å²) in [5.41, 5.74) is 0.748. The first-order valence-corrected chi connectivity index (χ1v) is 7.96. The third kappa shape index (κ3) is 3.03. The van der Waals surface area contributed by atoms with Gasteiger partial charge in [0, 0.05) is 37.7 Å². The molecule has 0 saturated carbocycles. The number of hydrogen-bond acceptors (Lipinski definition) is 7. The molecule has 0 spiro atoms. The molecule has 0 atom stereocenters. The summed E-state index contributed by atoms with van der Waals surface area (Å²) in [6.07, 6.45) is 2.36. The number of ether oxygens (including phenoxy) is 1. The lowest BCUT2D eigenvalue weighted by atomic mass is 9.89. The lowest BCUT2D eigenvalue weighted by Gasteiger charge is -2.34. The molecule has 1 aliphatic heterocycles. The number of carbonyl (C=O) groups is 1. The Kier molecular flexibility index (Phi) is 4.02. The second kappa shape index (κ2) is 6.48. The first-order chi connectivity index (χ1) is 12.3. The van der Waals surface area contributed by atoms with Gasteiger partial charge in [-0.2, -0.15) is 4.98 Å². The maximum absolute atomic E-state index is 12.7. The normalized spacial score (nSPS) is 16.5. The average molecular weight is 340 g/mol. The lowest BCUT2D eigenvalue weighted by Crippen LogP contribution is -2.50. The van der Waals surface area contributed by atoms with Gasteiger partial charge >= 0.3 is 0 Å². The summed E-state index contributed by atoms with van der Waals surface area (Å²) < 4.78 is 15.5. The van der Waals surface area contributed by atoms with E-state index < -0.39 is 5.54 Å². The van der Waals surface area contributed by atoms with E-state index in [0.29, 0.717) is 37.6 Å². The summed E-state index contributed by atoms with van der Waals surface area (Å²) >= 11 is 0. The Morgan fingerprint density at radius 1 is 1.12 bits per heavy atom. The maximum Gasteiger partial charge on any atom is 0.290 e. The van der Waals surface area contributed by atoms with Crippen molar-refractivity contribution in [2.75, 3.05) is 13.2 Å². The summed E-state index contributed by atoms with van der Waals surface area (Å²) in [4.78, 5) is 16.8. The van der Waals surface area contributed by atoms with Gasteiger partial charge in [-0.3, -0.25) is 4.79 Å². The molecule has 1 aliphatic rings. The van der Waals surface area contributed by atoms with E-state index in [1.807, 2.05) is 30.3 Å². The number of rotatable bonds is 4. The van der Waals surface area contributed by atoms with Gasteiger partial charge < -0.3 is 19.1 Å². The molecule has 1 fully saturated rings. The van der Waals surface area contributed by atoms with Crippen LogP contribution in [0.1, 0.15) is 29.2 Å². The Balaban J connectivity index is 1.57. The number of nitrogens with one attached hydrogen (secondary N) is 1. The lowest BCUT2D eigenvalue weighted by molar-refractivity contribution is 0.0296. The van der Waals surface area contributed by atoms with Gasteiger partial charge in [-0.15, -0.1) is 0 Å². The number of aromatic nitrogens is 3. The second-order valence-corrected chi connectivity index (χ2v) is 5.85. The van der Waals surface area contributed by atoms with Crippen LogP contribution in [-0.4, -0.2) is 34.4 Å². The first-order valence-electron chi connectivity index (χ1n) is 7.96. The molecule has 0 unspecified atom stereocenters. The molecule has 128 valence electrons. The van der Waals surface area contributed by atoms with Crippen molar-refractivity contribution in [3.8, 4) is 11.3 Å².